The third-order valence-electron chi connectivity index (χ3n) is 6.65. The lowest BCUT2D eigenvalue weighted by Crippen LogP contribution is -2.41. The number of benzene rings is 2. The van der Waals surface area contributed by atoms with E-state index < -0.39 is 0 Å². The molecule has 0 unspecified atom stereocenters. The molecule has 0 aliphatic carbocycles. The lowest BCUT2D eigenvalue weighted by molar-refractivity contribution is 0.182. The topological polar surface area (TPSA) is 48.5 Å². The molecule has 0 bridgehead atoms. The quantitative estimate of drug-likeness (QED) is 0.480. The molecular weight excluding hydrogens is 440 g/mol. The van der Waals surface area contributed by atoms with Crippen molar-refractivity contribution in [1.82, 2.24) is 9.88 Å². The number of nitrogens with one attached hydrogen (secondary N) is 1. The number of aromatic nitrogens is 1. The van der Waals surface area contributed by atoms with Crippen LogP contribution in [0.3, 0.4) is 0 Å². The molecule has 2 amide bonds. The first kappa shape index (κ1) is 21.5. The molecule has 2 saturated heterocycles. The highest BCUT2D eigenvalue weighted by Crippen LogP contribution is 2.39. The van der Waals surface area contributed by atoms with Gasteiger partial charge >= 0.3 is 6.03 Å². The van der Waals surface area contributed by atoms with E-state index in [2.05, 4.69) is 51.6 Å². The zero-order valence-electron chi connectivity index (χ0n) is 18.2. The van der Waals surface area contributed by atoms with E-state index in [0.717, 1.165) is 55.7 Å². The van der Waals surface area contributed by atoms with Gasteiger partial charge in [0.15, 0.2) is 5.13 Å². The zero-order valence-corrected chi connectivity index (χ0v) is 19.8. The molecule has 0 radical (unpaired) electrons. The van der Waals surface area contributed by atoms with Crippen molar-refractivity contribution in [3.63, 3.8) is 0 Å². The fourth-order valence-electron chi connectivity index (χ4n) is 4.86. The Morgan fingerprint density at radius 2 is 1.78 bits per heavy atom. The largest absolute Gasteiger partial charge is 0.370 e. The smallest absolute Gasteiger partial charge is 0.323 e. The van der Waals surface area contributed by atoms with Gasteiger partial charge in [-0.3, -0.25) is 5.32 Å². The summed E-state index contributed by atoms with van der Waals surface area (Å²) in [5.74, 6) is 0.634. The average Bonchev–Trinajstić information content (AvgIpc) is 3.25. The number of thiazole rings is 1. The summed E-state index contributed by atoms with van der Waals surface area (Å²) >= 11 is 7.98. The molecule has 0 saturated carbocycles. The van der Waals surface area contributed by atoms with Crippen LogP contribution in [0.1, 0.15) is 37.7 Å². The van der Waals surface area contributed by atoms with Crippen molar-refractivity contribution in [3.8, 4) is 0 Å². The van der Waals surface area contributed by atoms with Gasteiger partial charge in [-0.25, -0.2) is 9.78 Å². The molecule has 5 rings (SSSR count). The second kappa shape index (κ2) is 9.67. The number of fused-ring (bicyclic) bond motifs is 1. The monoisotopic (exact) mass is 468 g/mol. The number of likely N-dealkylation sites (tertiary alicyclic amines) is 1. The maximum absolute atomic E-state index is 12.9. The van der Waals surface area contributed by atoms with Crippen molar-refractivity contribution in [3.05, 3.63) is 53.1 Å². The third kappa shape index (κ3) is 4.71. The Morgan fingerprint density at radius 1 is 1.03 bits per heavy atom. The Hall–Kier alpha value is -2.31. The number of carbonyl (C=O) groups excluding carboxylic acids is 1. The number of rotatable bonds is 4. The van der Waals surface area contributed by atoms with E-state index in [-0.39, 0.29) is 6.03 Å². The van der Waals surface area contributed by atoms with Crippen LogP contribution >= 0.6 is 22.9 Å². The highest BCUT2D eigenvalue weighted by Gasteiger charge is 2.24. The summed E-state index contributed by atoms with van der Waals surface area (Å²) in [7, 11) is 0. The molecule has 0 spiro atoms. The summed E-state index contributed by atoms with van der Waals surface area (Å²) in [6, 6.07) is 14.6. The molecule has 5 nitrogen and oxygen atoms in total. The predicted molar refractivity (Wildman–Crippen MR) is 134 cm³/mol. The van der Waals surface area contributed by atoms with Crippen molar-refractivity contribution in [2.45, 2.75) is 38.5 Å². The van der Waals surface area contributed by atoms with Gasteiger partial charge in [0.25, 0.3) is 0 Å². The fraction of sp³-hybridized carbons (Fsp3) is 0.440. The summed E-state index contributed by atoms with van der Waals surface area (Å²) in [4.78, 5) is 21.9. The molecule has 2 aliphatic heterocycles. The molecule has 0 atom stereocenters. The molecule has 168 valence electrons. The van der Waals surface area contributed by atoms with Crippen LogP contribution < -0.4 is 10.2 Å². The summed E-state index contributed by atoms with van der Waals surface area (Å²) < 4.78 is 1.07. The number of hydrogen-bond donors (Lipinski definition) is 1. The molecule has 3 heterocycles. The fourth-order valence-corrected chi connectivity index (χ4v) is 6.14. The predicted octanol–water partition coefficient (Wildman–Crippen LogP) is 6.43. The Labute approximate surface area is 198 Å². The van der Waals surface area contributed by atoms with E-state index in [9.17, 15) is 4.79 Å². The zero-order chi connectivity index (χ0) is 21.9. The van der Waals surface area contributed by atoms with Gasteiger partial charge in [0.1, 0.15) is 5.52 Å². The van der Waals surface area contributed by atoms with Crippen LogP contribution in [-0.2, 0) is 6.42 Å². The minimum absolute atomic E-state index is 0.0575. The first-order valence-electron chi connectivity index (χ1n) is 11.6. The standard InChI is InChI=1S/C25H29ClN4OS/c26-20-9-10-21(29-13-5-2-6-14-29)23-22(20)27-24(32-23)28-25(31)30-15-11-19(12-16-30)17-18-7-3-1-4-8-18/h1,3-4,7-10,19H,2,5-6,11-17H2,(H,27,28,31). The van der Waals surface area contributed by atoms with E-state index in [1.165, 1.54) is 41.9 Å². The van der Waals surface area contributed by atoms with Crippen molar-refractivity contribution in [2.24, 2.45) is 5.92 Å². The highest BCUT2D eigenvalue weighted by atomic mass is 35.5. The number of nitrogens with zero attached hydrogens (tertiary/aromatic N) is 3. The lowest BCUT2D eigenvalue weighted by Gasteiger charge is -2.31. The minimum Gasteiger partial charge on any atom is -0.370 e. The van der Waals surface area contributed by atoms with Gasteiger partial charge in [0, 0.05) is 26.2 Å². The maximum Gasteiger partial charge on any atom is 0.323 e. The summed E-state index contributed by atoms with van der Waals surface area (Å²) in [5, 5.41) is 4.31. The minimum atomic E-state index is -0.0575. The van der Waals surface area contributed by atoms with Gasteiger partial charge in [-0.15, -0.1) is 0 Å². The molecule has 2 aromatic carbocycles. The van der Waals surface area contributed by atoms with E-state index in [1.54, 1.807) is 0 Å². The first-order valence-corrected chi connectivity index (χ1v) is 12.8. The molecule has 7 heteroatoms. The van der Waals surface area contributed by atoms with E-state index in [1.807, 2.05) is 11.0 Å². The van der Waals surface area contributed by atoms with E-state index in [0.29, 0.717) is 16.1 Å². The molecule has 2 aliphatic rings. The molecule has 1 aromatic heterocycles. The number of amides is 2. The van der Waals surface area contributed by atoms with Gasteiger partial charge < -0.3 is 9.80 Å². The molecular formula is C25H29ClN4OS. The van der Waals surface area contributed by atoms with Crippen LogP contribution in [0.2, 0.25) is 5.02 Å². The molecule has 32 heavy (non-hydrogen) atoms. The van der Waals surface area contributed by atoms with Crippen LogP contribution in [0, 0.1) is 5.92 Å². The SMILES string of the molecule is O=C(Nc1nc2c(Cl)ccc(N3CCCCC3)c2s1)N1CCC(Cc2ccccc2)CC1. The van der Waals surface area contributed by atoms with Gasteiger partial charge in [-0.2, -0.15) is 0 Å². The van der Waals surface area contributed by atoms with E-state index >= 15 is 0 Å². The Bertz CT molecular complexity index is 1070. The molecule has 2 fully saturated rings. The summed E-state index contributed by atoms with van der Waals surface area (Å²) in [6.07, 6.45) is 6.88. The first-order chi connectivity index (χ1) is 15.7. The number of carbonyl (C=O) groups is 1. The van der Waals surface area contributed by atoms with E-state index in [4.69, 9.17) is 11.6 Å². The molecule has 3 aromatic rings. The number of anilines is 2. The average molecular weight is 469 g/mol. The Balaban J connectivity index is 1.24. The van der Waals surface area contributed by atoms with Crippen LogP contribution in [0.25, 0.3) is 10.2 Å². The van der Waals surface area contributed by atoms with Gasteiger partial charge in [-0.05, 0) is 62.1 Å². The Kier molecular flexibility index (Phi) is 6.51. The van der Waals surface area contributed by atoms with Crippen molar-refractivity contribution in [1.29, 1.82) is 0 Å². The lowest BCUT2D eigenvalue weighted by atomic mass is 9.90. The number of halogens is 1. The van der Waals surface area contributed by atoms with Crippen LogP contribution in [0.4, 0.5) is 15.6 Å². The van der Waals surface area contributed by atoms with Crippen LogP contribution in [0.5, 0.6) is 0 Å². The number of hydrogen-bond acceptors (Lipinski definition) is 4. The number of urea groups is 1. The highest BCUT2D eigenvalue weighted by molar-refractivity contribution is 7.23. The maximum atomic E-state index is 12.9. The second-order valence-electron chi connectivity index (χ2n) is 8.86. The van der Waals surface area contributed by atoms with Crippen molar-refractivity contribution < 1.29 is 4.79 Å². The van der Waals surface area contributed by atoms with Gasteiger partial charge in [0.2, 0.25) is 0 Å². The number of piperidine rings is 2. The van der Waals surface area contributed by atoms with Gasteiger partial charge in [0.05, 0.1) is 15.4 Å². The normalized spacial score (nSPS) is 17.7. The van der Waals surface area contributed by atoms with Crippen LogP contribution in [0.15, 0.2) is 42.5 Å². The second-order valence-corrected chi connectivity index (χ2v) is 10.3. The summed E-state index contributed by atoms with van der Waals surface area (Å²) in [5.41, 5.74) is 3.35. The van der Waals surface area contributed by atoms with Crippen molar-refractivity contribution >= 4 is 50.0 Å². The Morgan fingerprint density at radius 3 is 2.53 bits per heavy atom. The third-order valence-corrected chi connectivity index (χ3v) is 7.95. The summed E-state index contributed by atoms with van der Waals surface area (Å²) in [6.45, 7) is 3.70. The molecule has 1 N–H and O–H groups in total. The van der Waals surface area contributed by atoms with Crippen molar-refractivity contribution in [2.75, 3.05) is 36.4 Å². The van der Waals surface area contributed by atoms with Gasteiger partial charge in [-0.1, -0.05) is 53.3 Å². The van der Waals surface area contributed by atoms with Crippen LogP contribution in [-0.4, -0.2) is 42.1 Å².